The minimum Gasteiger partial charge on any atom is -0.481 e. The van der Waals surface area contributed by atoms with Gasteiger partial charge in [0.05, 0.1) is 0 Å². The molecular weight excluding hydrogens is 264 g/mol. The van der Waals surface area contributed by atoms with Crippen LogP contribution in [-0.2, 0) is 9.59 Å². The first-order valence-electron chi connectivity index (χ1n) is 6.89. The number of carbonyl (C=O) groups excluding carboxylic acids is 1. The second-order valence-corrected chi connectivity index (χ2v) is 5.35. The lowest BCUT2D eigenvalue weighted by Gasteiger charge is -2.18. The van der Waals surface area contributed by atoms with E-state index in [0.717, 1.165) is 19.3 Å². The first-order valence-corrected chi connectivity index (χ1v) is 6.89. The Balaban J connectivity index is 2.33. The van der Waals surface area contributed by atoms with Gasteiger partial charge in [-0.15, -0.1) is 0 Å². The molecule has 114 valence electrons. The molecule has 0 radical (unpaired) electrons. The van der Waals surface area contributed by atoms with Crippen LogP contribution in [0.3, 0.4) is 0 Å². The van der Waals surface area contributed by atoms with Crippen molar-refractivity contribution in [2.45, 2.75) is 45.1 Å². The van der Waals surface area contributed by atoms with Crippen LogP contribution in [0.25, 0.3) is 0 Å². The van der Waals surface area contributed by atoms with E-state index in [1.54, 1.807) is 0 Å². The van der Waals surface area contributed by atoms with E-state index in [0.29, 0.717) is 18.4 Å². The molecule has 0 aromatic heterocycles. The van der Waals surface area contributed by atoms with E-state index < -0.39 is 24.0 Å². The summed E-state index contributed by atoms with van der Waals surface area (Å²) in [6.45, 7) is 2.67. The number of carboxylic acids is 2. The summed E-state index contributed by atoms with van der Waals surface area (Å²) in [5, 5.41) is 22.4. The van der Waals surface area contributed by atoms with Crippen molar-refractivity contribution in [2.24, 2.45) is 11.8 Å². The smallest absolute Gasteiger partial charge is 0.326 e. The predicted octanol–water partition coefficient (Wildman–Crippen LogP) is 1.04. The lowest BCUT2D eigenvalue weighted by atomic mass is 9.98. The Morgan fingerprint density at radius 2 is 1.95 bits per heavy atom. The topological polar surface area (TPSA) is 116 Å². The van der Waals surface area contributed by atoms with E-state index in [1.807, 2.05) is 0 Å². The molecule has 0 aromatic carbocycles. The van der Waals surface area contributed by atoms with Crippen molar-refractivity contribution in [1.82, 2.24) is 10.6 Å². The fourth-order valence-electron chi connectivity index (χ4n) is 2.48. The van der Waals surface area contributed by atoms with Crippen molar-refractivity contribution in [3.05, 3.63) is 0 Å². The van der Waals surface area contributed by atoms with Crippen LogP contribution < -0.4 is 10.6 Å². The number of amides is 2. The van der Waals surface area contributed by atoms with Gasteiger partial charge in [-0.1, -0.05) is 19.8 Å². The molecule has 0 spiro atoms. The minimum atomic E-state index is -1.23. The predicted molar refractivity (Wildman–Crippen MR) is 71.3 cm³/mol. The number of carbonyl (C=O) groups is 3. The normalized spacial score (nSPS) is 23.1. The highest BCUT2D eigenvalue weighted by atomic mass is 16.4. The molecule has 20 heavy (non-hydrogen) atoms. The summed E-state index contributed by atoms with van der Waals surface area (Å²) in [7, 11) is 0. The first-order chi connectivity index (χ1) is 9.40. The number of hydrogen-bond donors (Lipinski definition) is 4. The van der Waals surface area contributed by atoms with Gasteiger partial charge >= 0.3 is 18.0 Å². The molecule has 7 nitrogen and oxygen atoms in total. The van der Waals surface area contributed by atoms with Crippen molar-refractivity contribution < 1.29 is 24.6 Å². The number of aliphatic carboxylic acids is 2. The first kappa shape index (κ1) is 16.3. The van der Waals surface area contributed by atoms with E-state index in [9.17, 15) is 14.4 Å². The average molecular weight is 286 g/mol. The van der Waals surface area contributed by atoms with Crippen molar-refractivity contribution in [2.75, 3.05) is 6.54 Å². The number of rotatable bonds is 7. The van der Waals surface area contributed by atoms with Gasteiger partial charge in [-0.3, -0.25) is 4.79 Å². The maximum Gasteiger partial charge on any atom is 0.326 e. The highest BCUT2D eigenvalue weighted by Crippen LogP contribution is 2.30. The molecule has 1 saturated carbocycles. The van der Waals surface area contributed by atoms with Gasteiger partial charge in [-0.2, -0.15) is 0 Å². The second-order valence-electron chi connectivity index (χ2n) is 5.35. The van der Waals surface area contributed by atoms with Gasteiger partial charge in [-0.25, -0.2) is 9.59 Å². The van der Waals surface area contributed by atoms with Crippen LogP contribution in [0.15, 0.2) is 0 Å². The molecule has 2 unspecified atom stereocenters. The molecule has 1 aliphatic rings. The van der Waals surface area contributed by atoms with Gasteiger partial charge in [0.15, 0.2) is 0 Å². The van der Waals surface area contributed by atoms with E-state index in [2.05, 4.69) is 17.6 Å². The van der Waals surface area contributed by atoms with E-state index in [4.69, 9.17) is 10.2 Å². The highest BCUT2D eigenvalue weighted by Gasteiger charge is 2.25. The lowest BCUT2D eigenvalue weighted by Crippen LogP contribution is -2.47. The van der Waals surface area contributed by atoms with E-state index in [1.165, 1.54) is 0 Å². The second kappa shape index (κ2) is 7.72. The number of urea groups is 1. The fraction of sp³-hybridized carbons (Fsp3) is 0.769. The van der Waals surface area contributed by atoms with Crippen molar-refractivity contribution >= 4 is 18.0 Å². The Hall–Kier alpha value is -1.79. The molecule has 0 aromatic rings. The fourth-order valence-corrected chi connectivity index (χ4v) is 2.48. The third-order valence-corrected chi connectivity index (χ3v) is 3.81. The molecule has 0 bridgehead atoms. The van der Waals surface area contributed by atoms with Gasteiger partial charge < -0.3 is 20.8 Å². The Labute approximate surface area is 117 Å². The van der Waals surface area contributed by atoms with Gasteiger partial charge in [0, 0.05) is 13.0 Å². The Morgan fingerprint density at radius 3 is 2.45 bits per heavy atom. The van der Waals surface area contributed by atoms with Gasteiger partial charge in [0.2, 0.25) is 0 Å². The molecule has 2 amide bonds. The van der Waals surface area contributed by atoms with Gasteiger partial charge in [-0.05, 0) is 24.7 Å². The Bertz CT molecular complexity index is 372. The standard InChI is InChI=1S/C13H22N2O5/c1-8-3-2-4-9(8)7-14-13(20)15-10(12(18)19)5-6-11(16)17/h8-10H,2-7H2,1H3,(H,16,17)(H,18,19)(H2,14,15,20)/t8?,9?,10-/m0/s1. The summed E-state index contributed by atoms with van der Waals surface area (Å²) in [5.41, 5.74) is 0. The zero-order chi connectivity index (χ0) is 15.1. The summed E-state index contributed by atoms with van der Waals surface area (Å²) >= 11 is 0. The van der Waals surface area contributed by atoms with Crippen LogP contribution >= 0.6 is 0 Å². The molecule has 0 aliphatic heterocycles. The maximum atomic E-state index is 11.6. The van der Waals surface area contributed by atoms with Gasteiger partial charge in [0.1, 0.15) is 6.04 Å². The molecule has 1 fully saturated rings. The molecule has 1 aliphatic carbocycles. The minimum absolute atomic E-state index is 0.127. The zero-order valence-electron chi connectivity index (χ0n) is 11.6. The molecular formula is C13H22N2O5. The highest BCUT2D eigenvalue weighted by molar-refractivity contribution is 5.82. The number of hydrogen-bond acceptors (Lipinski definition) is 3. The average Bonchev–Trinajstić information content (AvgIpc) is 2.77. The summed E-state index contributed by atoms with van der Waals surface area (Å²) in [4.78, 5) is 33.0. The quantitative estimate of drug-likeness (QED) is 0.558. The van der Waals surface area contributed by atoms with Crippen LogP contribution in [-0.4, -0.2) is 40.8 Å². The summed E-state index contributed by atoms with van der Waals surface area (Å²) in [6.07, 6.45) is 2.97. The molecule has 7 heteroatoms. The van der Waals surface area contributed by atoms with Crippen LogP contribution in [0.4, 0.5) is 4.79 Å². The monoisotopic (exact) mass is 286 g/mol. The lowest BCUT2D eigenvalue weighted by molar-refractivity contribution is -0.140. The summed E-state index contributed by atoms with van der Waals surface area (Å²) in [5.74, 6) is -1.31. The Morgan fingerprint density at radius 1 is 1.25 bits per heavy atom. The number of carboxylic acid groups (broad SMARTS) is 2. The zero-order valence-corrected chi connectivity index (χ0v) is 11.6. The number of nitrogens with one attached hydrogen (secondary N) is 2. The van der Waals surface area contributed by atoms with E-state index >= 15 is 0 Å². The van der Waals surface area contributed by atoms with Crippen molar-refractivity contribution in [3.63, 3.8) is 0 Å². The SMILES string of the molecule is CC1CCCC1CNC(=O)N[C@@H](CCC(=O)O)C(=O)O. The molecule has 1 rings (SSSR count). The third-order valence-electron chi connectivity index (χ3n) is 3.81. The third kappa shape index (κ3) is 5.46. The van der Waals surface area contributed by atoms with Crippen LogP contribution in [0.5, 0.6) is 0 Å². The Kier molecular flexibility index (Phi) is 6.27. The van der Waals surface area contributed by atoms with E-state index in [-0.39, 0.29) is 12.8 Å². The van der Waals surface area contributed by atoms with Crippen molar-refractivity contribution in [1.29, 1.82) is 0 Å². The molecule has 3 atom stereocenters. The maximum absolute atomic E-state index is 11.6. The molecule has 4 N–H and O–H groups in total. The summed E-state index contributed by atoms with van der Waals surface area (Å²) in [6, 6.07) is -1.73. The van der Waals surface area contributed by atoms with Gasteiger partial charge in [0.25, 0.3) is 0 Å². The van der Waals surface area contributed by atoms with Crippen molar-refractivity contribution in [3.8, 4) is 0 Å². The van der Waals surface area contributed by atoms with Crippen LogP contribution in [0, 0.1) is 11.8 Å². The largest absolute Gasteiger partial charge is 0.481 e. The summed E-state index contributed by atoms with van der Waals surface area (Å²) < 4.78 is 0. The molecule has 0 heterocycles. The van der Waals surface area contributed by atoms with Crippen LogP contribution in [0.2, 0.25) is 0 Å². The molecule has 0 saturated heterocycles. The van der Waals surface area contributed by atoms with Crippen LogP contribution in [0.1, 0.15) is 39.0 Å².